The summed E-state index contributed by atoms with van der Waals surface area (Å²) in [4.78, 5) is 23.8. The standard InChI is InChI=1S/C16H10Cl3F2NO4/c17-9-5-11(18)14(12(19)6-9)22-13(23)7-25-15(24)8-2-1-3-10(4-8)26-16(20)21/h1-6,16H,7H2,(H,22,23). The van der Waals surface area contributed by atoms with E-state index in [4.69, 9.17) is 39.5 Å². The van der Waals surface area contributed by atoms with Gasteiger partial charge in [-0.25, -0.2) is 4.79 Å². The van der Waals surface area contributed by atoms with Gasteiger partial charge in [-0.1, -0.05) is 40.9 Å². The summed E-state index contributed by atoms with van der Waals surface area (Å²) in [6, 6.07) is 7.74. The number of benzene rings is 2. The molecular weight excluding hydrogens is 415 g/mol. The molecule has 1 N–H and O–H groups in total. The van der Waals surface area contributed by atoms with Crippen LogP contribution in [0.3, 0.4) is 0 Å². The maximum absolute atomic E-state index is 12.2. The molecule has 0 saturated carbocycles. The molecule has 0 heterocycles. The molecule has 0 aliphatic rings. The second-order valence-electron chi connectivity index (χ2n) is 4.78. The van der Waals surface area contributed by atoms with E-state index < -0.39 is 25.1 Å². The van der Waals surface area contributed by atoms with E-state index >= 15 is 0 Å². The summed E-state index contributed by atoms with van der Waals surface area (Å²) < 4.78 is 33.4. The van der Waals surface area contributed by atoms with Gasteiger partial charge in [0.1, 0.15) is 5.75 Å². The molecule has 26 heavy (non-hydrogen) atoms. The van der Waals surface area contributed by atoms with Gasteiger partial charge in [0.25, 0.3) is 5.91 Å². The normalized spacial score (nSPS) is 10.5. The van der Waals surface area contributed by atoms with Gasteiger partial charge in [-0.05, 0) is 30.3 Å². The maximum atomic E-state index is 12.2. The molecule has 2 rings (SSSR count). The molecule has 0 fully saturated rings. The molecule has 1 amide bonds. The van der Waals surface area contributed by atoms with Crippen molar-refractivity contribution in [3.8, 4) is 5.75 Å². The van der Waals surface area contributed by atoms with E-state index in [1.54, 1.807) is 0 Å². The lowest BCUT2D eigenvalue weighted by atomic mass is 10.2. The van der Waals surface area contributed by atoms with Gasteiger partial charge in [-0.15, -0.1) is 0 Å². The third kappa shape index (κ3) is 5.72. The summed E-state index contributed by atoms with van der Waals surface area (Å²) in [5.41, 5.74) is 0.0598. The quantitative estimate of drug-likeness (QED) is 0.660. The van der Waals surface area contributed by atoms with Gasteiger partial charge in [-0.2, -0.15) is 8.78 Å². The summed E-state index contributed by atoms with van der Waals surface area (Å²) in [5, 5.41) is 2.90. The Balaban J connectivity index is 1.96. The third-order valence-corrected chi connectivity index (χ3v) is 3.71. The number of carbonyl (C=O) groups is 2. The van der Waals surface area contributed by atoms with Crippen molar-refractivity contribution in [2.45, 2.75) is 6.61 Å². The molecule has 0 aromatic heterocycles. The molecule has 0 saturated heterocycles. The molecule has 138 valence electrons. The van der Waals surface area contributed by atoms with Crippen molar-refractivity contribution in [1.29, 1.82) is 0 Å². The highest BCUT2D eigenvalue weighted by Gasteiger charge is 2.15. The molecule has 0 bridgehead atoms. The first kappa shape index (κ1) is 20.2. The zero-order chi connectivity index (χ0) is 19.3. The molecule has 0 aliphatic carbocycles. The average molecular weight is 425 g/mol. The Morgan fingerprint density at radius 1 is 1.08 bits per heavy atom. The van der Waals surface area contributed by atoms with Crippen LogP contribution in [-0.2, 0) is 9.53 Å². The van der Waals surface area contributed by atoms with Crippen LogP contribution in [0.2, 0.25) is 15.1 Å². The van der Waals surface area contributed by atoms with E-state index in [1.807, 2.05) is 0 Å². The molecular formula is C16H10Cl3F2NO4. The minimum absolute atomic E-state index is 0.0569. The Kier molecular flexibility index (Phi) is 7.02. The van der Waals surface area contributed by atoms with Crippen LogP contribution in [-0.4, -0.2) is 25.1 Å². The van der Waals surface area contributed by atoms with Gasteiger partial charge in [0, 0.05) is 5.02 Å². The Morgan fingerprint density at radius 2 is 1.73 bits per heavy atom. The first-order valence-electron chi connectivity index (χ1n) is 6.92. The average Bonchev–Trinajstić information content (AvgIpc) is 2.55. The molecule has 2 aromatic carbocycles. The van der Waals surface area contributed by atoms with Gasteiger partial charge >= 0.3 is 12.6 Å². The second-order valence-corrected chi connectivity index (χ2v) is 6.03. The monoisotopic (exact) mass is 423 g/mol. The van der Waals surface area contributed by atoms with Gasteiger partial charge in [0.2, 0.25) is 0 Å². The van der Waals surface area contributed by atoms with E-state index in [9.17, 15) is 18.4 Å². The predicted molar refractivity (Wildman–Crippen MR) is 93.5 cm³/mol. The van der Waals surface area contributed by atoms with Crippen molar-refractivity contribution in [3.05, 3.63) is 57.0 Å². The smallest absolute Gasteiger partial charge is 0.387 e. The highest BCUT2D eigenvalue weighted by molar-refractivity contribution is 6.42. The maximum Gasteiger partial charge on any atom is 0.387 e. The summed E-state index contributed by atoms with van der Waals surface area (Å²) >= 11 is 17.6. The highest BCUT2D eigenvalue weighted by Crippen LogP contribution is 2.33. The molecule has 0 atom stereocenters. The van der Waals surface area contributed by atoms with E-state index in [0.29, 0.717) is 0 Å². The number of anilines is 1. The number of hydrogen-bond acceptors (Lipinski definition) is 4. The van der Waals surface area contributed by atoms with Crippen LogP contribution in [0.5, 0.6) is 5.75 Å². The highest BCUT2D eigenvalue weighted by atomic mass is 35.5. The molecule has 10 heteroatoms. The predicted octanol–water partition coefficient (Wildman–Crippen LogP) is 5.04. The molecule has 2 aromatic rings. The fourth-order valence-electron chi connectivity index (χ4n) is 1.85. The summed E-state index contributed by atoms with van der Waals surface area (Å²) in [7, 11) is 0. The lowest BCUT2D eigenvalue weighted by Gasteiger charge is -2.10. The number of carbonyl (C=O) groups excluding carboxylic acids is 2. The van der Waals surface area contributed by atoms with Crippen LogP contribution in [0.1, 0.15) is 10.4 Å². The Morgan fingerprint density at radius 3 is 2.35 bits per heavy atom. The number of ether oxygens (including phenoxy) is 2. The van der Waals surface area contributed by atoms with Gasteiger partial charge in [0.05, 0.1) is 21.3 Å². The van der Waals surface area contributed by atoms with Crippen LogP contribution < -0.4 is 10.1 Å². The zero-order valence-corrected chi connectivity index (χ0v) is 15.0. The minimum Gasteiger partial charge on any atom is -0.452 e. The van der Waals surface area contributed by atoms with Gasteiger partial charge in [-0.3, -0.25) is 4.79 Å². The van der Waals surface area contributed by atoms with Crippen LogP contribution >= 0.6 is 34.8 Å². The number of amides is 1. The first-order chi connectivity index (χ1) is 12.3. The molecule has 0 radical (unpaired) electrons. The van der Waals surface area contributed by atoms with E-state index in [1.165, 1.54) is 30.3 Å². The Hall–Kier alpha value is -2.09. The Labute approximate surface area is 161 Å². The number of halogens is 5. The van der Waals surface area contributed by atoms with Crippen molar-refractivity contribution in [2.24, 2.45) is 0 Å². The fourth-order valence-corrected chi connectivity index (χ4v) is 2.76. The lowest BCUT2D eigenvalue weighted by Crippen LogP contribution is -2.21. The third-order valence-electron chi connectivity index (χ3n) is 2.90. The van der Waals surface area contributed by atoms with Crippen molar-refractivity contribution < 1.29 is 27.8 Å². The van der Waals surface area contributed by atoms with Crippen molar-refractivity contribution in [2.75, 3.05) is 11.9 Å². The molecule has 0 unspecified atom stereocenters. The number of nitrogens with one attached hydrogen (secondary N) is 1. The first-order valence-corrected chi connectivity index (χ1v) is 8.06. The number of rotatable bonds is 6. The SMILES string of the molecule is O=C(COC(=O)c1cccc(OC(F)F)c1)Nc1c(Cl)cc(Cl)cc1Cl. The number of hydrogen-bond donors (Lipinski definition) is 1. The van der Waals surface area contributed by atoms with Gasteiger partial charge < -0.3 is 14.8 Å². The van der Waals surface area contributed by atoms with E-state index in [0.717, 1.165) is 6.07 Å². The second kappa shape index (κ2) is 9.02. The van der Waals surface area contributed by atoms with Crippen molar-refractivity contribution >= 4 is 52.4 Å². The molecule has 0 spiro atoms. The van der Waals surface area contributed by atoms with Crippen LogP contribution in [0.25, 0.3) is 0 Å². The van der Waals surface area contributed by atoms with Crippen molar-refractivity contribution in [3.63, 3.8) is 0 Å². The molecule has 5 nitrogen and oxygen atoms in total. The van der Waals surface area contributed by atoms with E-state index in [2.05, 4.69) is 10.1 Å². The van der Waals surface area contributed by atoms with Crippen molar-refractivity contribution in [1.82, 2.24) is 0 Å². The van der Waals surface area contributed by atoms with Crippen LogP contribution in [0.4, 0.5) is 14.5 Å². The molecule has 0 aliphatic heterocycles. The number of alkyl halides is 2. The fraction of sp³-hybridized carbons (Fsp3) is 0.125. The minimum atomic E-state index is -3.03. The van der Waals surface area contributed by atoms with E-state index in [-0.39, 0.29) is 32.1 Å². The van der Waals surface area contributed by atoms with Crippen LogP contribution in [0.15, 0.2) is 36.4 Å². The summed E-state index contributed by atoms with van der Waals surface area (Å²) in [6.07, 6.45) is 0. The number of esters is 1. The largest absolute Gasteiger partial charge is 0.452 e. The topological polar surface area (TPSA) is 64.6 Å². The Bertz CT molecular complexity index is 810. The summed E-state index contributed by atoms with van der Waals surface area (Å²) in [5.74, 6) is -1.81. The lowest BCUT2D eigenvalue weighted by molar-refractivity contribution is -0.119. The zero-order valence-electron chi connectivity index (χ0n) is 12.8. The summed E-state index contributed by atoms with van der Waals surface area (Å²) in [6.45, 7) is -3.67. The van der Waals surface area contributed by atoms with Crippen LogP contribution in [0, 0.1) is 0 Å². The van der Waals surface area contributed by atoms with Gasteiger partial charge in [0.15, 0.2) is 6.61 Å².